The van der Waals surface area contributed by atoms with Crippen molar-refractivity contribution in [3.63, 3.8) is 0 Å². The molecule has 0 radical (unpaired) electrons. The van der Waals surface area contributed by atoms with Gasteiger partial charge in [-0.3, -0.25) is 0 Å². The van der Waals surface area contributed by atoms with E-state index in [-0.39, 0.29) is 5.76 Å². The fourth-order valence-corrected chi connectivity index (χ4v) is 1.60. The molecule has 1 aromatic heterocycles. The van der Waals surface area contributed by atoms with Crippen LogP contribution in [-0.4, -0.2) is 18.1 Å². The van der Waals surface area contributed by atoms with Gasteiger partial charge in [-0.25, -0.2) is 4.79 Å². The van der Waals surface area contributed by atoms with Crippen LogP contribution < -0.4 is 4.90 Å². The molecular weight excluding hydrogens is 232 g/mol. The molecule has 0 atom stereocenters. The van der Waals surface area contributed by atoms with E-state index in [0.29, 0.717) is 17.1 Å². The van der Waals surface area contributed by atoms with Gasteiger partial charge in [0, 0.05) is 13.1 Å². The zero-order valence-corrected chi connectivity index (χ0v) is 9.62. The molecule has 0 fully saturated rings. The van der Waals surface area contributed by atoms with Gasteiger partial charge >= 0.3 is 5.97 Å². The third kappa shape index (κ3) is 2.04. The van der Waals surface area contributed by atoms with Crippen molar-refractivity contribution in [1.82, 2.24) is 0 Å². The Hall–Kier alpha value is -2.74. The molecule has 2 rings (SSSR count). The van der Waals surface area contributed by atoms with E-state index in [0.717, 1.165) is 0 Å². The molecule has 5 heteroatoms. The van der Waals surface area contributed by atoms with Gasteiger partial charge in [0.05, 0.1) is 11.3 Å². The molecule has 0 aliphatic heterocycles. The number of hydrogen-bond acceptors (Lipinski definition) is 4. The summed E-state index contributed by atoms with van der Waals surface area (Å²) in [5, 5.41) is 17.8. The highest BCUT2D eigenvalue weighted by Gasteiger charge is 2.14. The van der Waals surface area contributed by atoms with E-state index in [4.69, 9.17) is 14.8 Å². The summed E-state index contributed by atoms with van der Waals surface area (Å²) in [5.41, 5.74) is 1.15. The maximum absolute atomic E-state index is 10.7. The monoisotopic (exact) mass is 242 g/mol. The number of hydrogen-bond donors (Lipinski definition) is 1. The molecule has 2 aromatic rings. The molecule has 0 saturated carbocycles. The molecule has 1 N–H and O–H groups in total. The first kappa shape index (κ1) is 11.7. The van der Waals surface area contributed by atoms with Crippen LogP contribution >= 0.6 is 0 Å². The molecule has 90 valence electrons. The number of nitriles is 1. The second-order valence-corrected chi connectivity index (χ2v) is 3.63. The Labute approximate surface area is 103 Å². The van der Waals surface area contributed by atoms with Crippen LogP contribution in [0.4, 0.5) is 11.6 Å². The fraction of sp³-hybridized carbons (Fsp3) is 0.0769. The van der Waals surface area contributed by atoms with Crippen LogP contribution in [0, 0.1) is 11.3 Å². The lowest BCUT2D eigenvalue weighted by atomic mass is 10.2. The van der Waals surface area contributed by atoms with E-state index in [1.807, 2.05) is 0 Å². The normalized spacial score (nSPS) is 9.78. The summed E-state index contributed by atoms with van der Waals surface area (Å²) in [6, 6.07) is 12.0. The third-order valence-electron chi connectivity index (χ3n) is 2.52. The lowest BCUT2D eigenvalue weighted by Gasteiger charge is -2.17. The summed E-state index contributed by atoms with van der Waals surface area (Å²) in [4.78, 5) is 12.4. The van der Waals surface area contributed by atoms with Crippen LogP contribution in [0.25, 0.3) is 0 Å². The molecule has 5 nitrogen and oxygen atoms in total. The van der Waals surface area contributed by atoms with E-state index in [1.165, 1.54) is 6.07 Å². The number of carboxylic acids is 1. The van der Waals surface area contributed by atoms with Crippen molar-refractivity contribution in [3.8, 4) is 6.07 Å². The molecule has 18 heavy (non-hydrogen) atoms. The second-order valence-electron chi connectivity index (χ2n) is 3.63. The predicted octanol–water partition coefficient (Wildman–Crippen LogP) is 2.62. The van der Waals surface area contributed by atoms with E-state index in [9.17, 15) is 4.79 Å². The van der Waals surface area contributed by atoms with Gasteiger partial charge in [-0.2, -0.15) is 5.26 Å². The van der Waals surface area contributed by atoms with E-state index >= 15 is 0 Å². The van der Waals surface area contributed by atoms with Crippen molar-refractivity contribution >= 4 is 17.5 Å². The number of benzene rings is 1. The number of anilines is 2. The molecule has 0 amide bonds. The maximum Gasteiger partial charge on any atom is 0.371 e. The highest BCUT2D eigenvalue weighted by Crippen LogP contribution is 2.28. The first-order valence-electron chi connectivity index (χ1n) is 5.19. The van der Waals surface area contributed by atoms with Crippen LogP contribution in [0.2, 0.25) is 0 Å². The number of carboxylic acid groups (broad SMARTS) is 1. The first-order valence-corrected chi connectivity index (χ1v) is 5.19. The van der Waals surface area contributed by atoms with Crippen LogP contribution in [0.1, 0.15) is 16.1 Å². The molecule has 1 aromatic carbocycles. The minimum atomic E-state index is -1.12. The van der Waals surface area contributed by atoms with Gasteiger partial charge in [-0.15, -0.1) is 0 Å². The van der Waals surface area contributed by atoms with Crippen molar-refractivity contribution < 1.29 is 14.3 Å². The summed E-state index contributed by atoms with van der Waals surface area (Å²) in [6.45, 7) is 0. The SMILES string of the molecule is CN(c1ccc(C(=O)O)o1)c1ccccc1C#N. The lowest BCUT2D eigenvalue weighted by molar-refractivity contribution is 0.0663. The molecule has 0 unspecified atom stereocenters. The Morgan fingerprint density at radius 1 is 1.33 bits per heavy atom. The minimum absolute atomic E-state index is 0.133. The Balaban J connectivity index is 2.38. The summed E-state index contributed by atoms with van der Waals surface area (Å²) in [6.07, 6.45) is 0. The van der Waals surface area contributed by atoms with Gasteiger partial charge < -0.3 is 14.4 Å². The van der Waals surface area contributed by atoms with E-state index in [2.05, 4.69) is 6.07 Å². The molecule has 0 bridgehead atoms. The number of carbonyl (C=O) groups is 1. The summed E-state index contributed by atoms with van der Waals surface area (Å²) >= 11 is 0. The van der Waals surface area contributed by atoms with Crippen LogP contribution in [-0.2, 0) is 0 Å². The van der Waals surface area contributed by atoms with Crippen molar-refractivity contribution in [2.45, 2.75) is 0 Å². The zero-order valence-electron chi connectivity index (χ0n) is 9.62. The maximum atomic E-state index is 10.7. The molecule has 0 saturated heterocycles. The highest BCUT2D eigenvalue weighted by atomic mass is 16.4. The Morgan fingerprint density at radius 2 is 2.06 bits per heavy atom. The molecule has 0 aliphatic carbocycles. The number of para-hydroxylation sites is 1. The van der Waals surface area contributed by atoms with Gasteiger partial charge in [0.15, 0.2) is 0 Å². The lowest BCUT2D eigenvalue weighted by Crippen LogP contribution is -2.10. The number of rotatable bonds is 3. The number of nitrogens with zero attached hydrogens (tertiary/aromatic N) is 2. The average Bonchev–Trinajstić information content (AvgIpc) is 2.87. The zero-order chi connectivity index (χ0) is 13.1. The third-order valence-corrected chi connectivity index (χ3v) is 2.52. The molecule has 1 heterocycles. The second kappa shape index (κ2) is 4.63. The molecular formula is C13H10N2O3. The summed E-state index contributed by atoms with van der Waals surface area (Å²) in [5.74, 6) is -0.885. The minimum Gasteiger partial charge on any atom is -0.475 e. The average molecular weight is 242 g/mol. The van der Waals surface area contributed by atoms with E-state index in [1.54, 1.807) is 42.3 Å². The number of aromatic carboxylic acids is 1. The van der Waals surface area contributed by atoms with Gasteiger partial charge in [0.1, 0.15) is 6.07 Å². The molecule has 0 aliphatic rings. The predicted molar refractivity (Wildman–Crippen MR) is 64.9 cm³/mol. The van der Waals surface area contributed by atoms with Crippen molar-refractivity contribution in [1.29, 1.82) is 5.26 Å². The van der Waals surface area contributed by atoms with Crippen molar-refractivity contribution in [2.24, 2.45) is 0 Å². The quantitative estimate of drug-likeness (QED) is 0.895. The first-order chi connectivity index (χ1) is 8.63. The topological polar surface area (TPSA) is 77.5 Å². The largest absolute Gasteiger partial charge is 0.475 e. The van der Waals surface area contributed by atoms with Crippen LogP contribution in [0.5, 0.6) is 0 Å². The van der Waals surface area contributed by atoms with E-state index < -0.39 is 5.97 Å². The summed E-state index contributed by atoms with van der Waals surface area (Å²) in [7, 11) is 1.71. The van der Waals surface area contributed by atoms with Crippen LogP contribution in [0.3, 0.4) is 0 Å². The van der Waals surface area contributed by atoms with Crippen LogP contribution in [0.15, 0.2) is 40.8 Å². The summed E-state index contributed by atoms with van der Waals surface area (Å²) < 4.78 is 5.18. The highest BCUT2D eigenvalue weighted by molar-refractivity contribution is 5.85. The van der Waals surface area contributed by atoms with Gasteiger partial charge in [-0.05, 0) is 18.2 Å². The van der Waals surface area contributed by atoms with Crippen molar-refractivity contribution in [3.05, 3.63) is 47.7 Å². The molecule has 0 spiro atoms. The standard InChI is InChI=1S/C13H10N2O3/c1-15(10-5-3-2-4-9(10)8-14)12-7-6-11(18-12)13(16)17/h2-7H,1H3,(H,16,17). The Morgan fingerprint density at radius 3 is 2.67 bits per heavy atom. The van der Waals surface area contributed by atoms with Gasteiger partial charge in [-0.1, -0.05) is 12.1 Å². The Bertz CT molecular complexity index is 625. The van der Waals surface area contributed by atoms with Gasteiger partial charge in [0.25, 0.3) is 0 Å². The Kier molecular flexibility index (Phi) is 3.02. The van der Waals surface area contributed by atoms with Crippen molar-refractivity contribution in [2.75, 3.05) is 11.9 Å². The fourth-order valence-electron chi connectivity index (χ4n) is 1.60. The number of furan rings is 1. The van der Waals surface area contributed by atoms with Gasteiger partial charge in [0.2, 0.25) is 11.6 Å². The smallest absolute Gasteiger partial charge is 0.371 e.